The first-order chi connectivity index (χ1) is 7.02. The molecule has 0 aromatic heterocycles. The van der Waals surface area contributed by atoms with Crippen molar-refractivity contribution in [1.82, 2.24) is 10.6 Å². The summed E-state index contributed by atoms with van der Waals surface area (Å²) in [4.78, 5) is 10.8. The van der Waals surface area contributed by atoms with E-state index in [0.717, 1.165) is 0 Å². The van der Waals surface area contributed by atoms with Gasteiger partial charge in [0.25, 0.3) is 0 Å². The molecular formula is C9H20N2O3S. The number of rotatable bonds is 8. The summed E-state index contributed by atoms with van der Waals surface area (Å²) in [6, 6.07) is 0. The van der Waals surface area contributed by atoms with E-state index < -0.39 is 9.84 Å². The maximum absolute atomic E-state index is 11.1. The minimum Gasteiger partial charge on any atom is -0.359 e. The summed E-state index contributed by atoms with van der Waals surface area (Å²) in [6.45, 7) is 2.87. The fraction of sp³-hybridized carbons (Fsp3) is 0.889. The average Bonchev–Trinajstić information content (AvgIpc) is 2.22. The van der Waals surface area contributed by atoms with Crippen LogP contribution in [-0.4, -0.2) is 46.0 Å². The molecule has 15 heavy (non-hydrogen) atoms. The molecule has 0 atom stereocenters. The van der Waals surface area contributed by atoms with Crippen LogP contribution in [0.15, 0.2) is 0 Å². The Morgan fingerprint density at radius 3 is 2.47 bits per heavy atom. The van der Waals surface area contributed by atoms with Gasteiger partial charge in [0, 0.05) is 25.8 Å². The van der Waals surface area contributed by atoms with Gasteiger partial charge in [0.15, 0.2) is 0 Å². The second-order valence-corrected chi connectivity index (χ2v) is 5.74. The van der Waals surface area contributed by atoms with Crippen molar-refractivity contribution in [2.45, 2.75) is 19.8 Å². The van der Waals surface area contributed by atoms with Crippen molar-refractivity contribution in [3.05, 3.63) is 0 Å². The van der Waals surface area contributed by atoms with E-state index in [0.29, 0.717) is 25.9 Å². The SMILES string of the molecule is CCS(=O)(=O)CCCNCCC(=O)NC. The van der Waals surface area contributed by atoms with Crippen LogP contribution in [0.2, 0.25) is 0 Å². The Morgan fingerprint density at radius 2 is 1.93 bits per heavy atom. The molecule has 0 bridgehead atoms. The summed E-state index contributed by atoms with van der Waals surface area (Å²) < 4.78 is 22.2. The highest BCUT2D eigenvalue weighted by Crippen LogP contribution is 1.92. The molecular weight excluding hydrogens is 216 g/mol. The van der Waals surface area contributed by atoms with Crippen molar-refractivity contribution in [1.29, 1.82) is 0 Å². The number of hydrogen-bond acceptors (Lipinski definition) is 4. The van der Waals surface area contributed by atoms with E-state index in [1.807, 2.05) is 0 Å². The monoisotopic (exact) mass is 236 g/mol. The van der Waals surface area contributed by atoms with Gasteiger partial charge in [-0.15, -0.1) is 0 Å². The molecule has 0 rings (SSSR count). The molecule has 0 unspecified atom stereocenters. The van der Waals surface area contributed by atoms with Gasteiger partial charge in [0.05, 0.1) is 5.75 Å². The van der Waals surface area contributed by atoms with E-state index in [-0.39, 0.29) is 17.4 Å². The van der Waals surface area contributed by atoms with Crippen LogP contribution in [0.4, 0.5) is 0 Å². The molecule has 2 N–H and O–H groups in total. The highest BCUT2D eigenvalue weighted by atomic mass is 32.2. The molecule has 6 heteroatoms. The highest BCUT2D eigenvalue weighted by Gasteiger charge is 2.05. The molecule has 0 spiro atoms. The van der Waals surface area contributed by atoms with Crippen molar-refractivity contribution in [3.63, 3.8) is 0 Å². The maximum Gasteiger partial charge on any atom is 0.221 e. The van der Waals surface area contributed by atoms with Gasteiger partial charge in [-0.3, -0.25) is 4.79 Å². The van der Waals surface area contributed by atoms with Gasteiger partial charge < -0.3 is 10.6 Å². The number of carbonyl (C=O) groups excluding carboxylic acids is 1. The molecule has 5 nitrogen and oxygen atoms in total. The Balaban J connectivity index is 3.37. The Bertz CT molecular complexity index is 275. The summed E-state index contributed by atoms with van der Waals surface area (Å²) in [5.74, 6) is 0.408. The Kier molecular flexibility index (Phi) is 7.33. The predicted molar refractivity (Wildman–Crippen MR) is 60.5 cm³/mol. The highest BCUT2D eigenvalue weighted by molar-refractivity contribution is 7.91. The zero-order valence-electron chi connectivity index (χ0n) is 9.38. The van der Waals surface area contributed by atoms with E-state index in [2.05, 4.69) is 10.6 Å². The number of nitrogens with one attached hydrogen (secondary N) is 2. The first-order valence-electron chi connectivity index (χ1n) is 5.13. The summed E-state index contributed by atoms with van der Waals surface area (Å²) >= 11 is 0. The molecule has 0 fully saturated rings. The van der Waals surface area contributed by atoms with Crippen LogP contribution in [0.3, 0.4) is 0 Å². The van der Waals surface area contributed by atoms with Crippen LogP contribution in [0, 0.1) is 0 Å². The Hall–Kier alpha value is -0.620. The van der Waals surface area contributed by atoms with E-state index in [9.17, 15) is 13.2 Å². The van der Waals surface area contributed by atoms with Gasteiger partial charge in [0.2, 0.25) is 5.91 Å². The molecule has 0 aliphatic rings. The third-order valence-electron chi connectivity index (χ3n) is 2.06. The molecule has 0 heterocycles. The standard InChI is InChI=1S/C9H20N2O3S/c1-3-15(13,14)8-4-6-11-7-5-9(12)10-2/h11H,3-8H2,1-2H3,(H,10,12). The molecule has 0 saturated heterocycles. The molecule has 0 saturated carbocycles. The zero-order chi connectivity index (χ0) is 11.7. The first kappa shape index (κ1) is 14.4. The number of sulfone groups is 1. The third-order valence-corrected chi connectivity index (χ3v) is 3.85. The summed E-state index contributed by atoms with van der Waals surface area (Å²) in [5.41, 5.74) is 0. The lowest BCUT2D eigenvalue weighted by Gasteiger charge is -2.04. The summed E-state index contributed by atoms with van der Waals surface area (Å²) in [6.07, 6.45) is 1.03. The molecule has 0 aliphatic heterocycles. The van der Waals surface area contributed by atoms with Gasteiger partial charge >= 0.3 is 0 Å². The molecule has 1 amide bonds. The van der Waals surface area contributed by atoms with Crippen LogP contribution < -0.4 is 10.6 Å². The largest absolute Gasteiger partial charge is 0.359 e. The minimum absolute atomic E-state index is 0.0105. The van der Waals surface area contributed by atoms with E-state index in [1.54, 1.807) is 14.0 Å². The van der Waals surface area contributed by atoms with Gasteiger partial charge in [-0.1, -0.05) is 6.92 Å². The Morgan fingerprint density at radius 1 is 1.27 bits per heavy atom. The van der Waals surface area contributed by atoms with E-state index in [1.165, 1.54) is 0 Å². The lowest BCUT2D eigenvalue weighted by molar-refractivity contribution is -0.120. The quantitative estimate of drug-likeness (QED) is 0.559. The fourth-order valence-corrected chi connectivity index (χ4v) is 1.89. The van der Waals surface area contributed by atoms with Crippen molar-refractivity contribution in [3.8, 4) is 0 Å². The van der Waals surface area contributed by atoms with Gasteiger partial charge in [0.1, 0.15) is 9.84 Å². The molecule has 90 valence electrons. The third kappa shape index (κ3) is 8.38. The second-order valence-electron chi connectivity index (χ2n) is 3.26. The van der Waals surface area contributed by atoms with Crippen molar-refractivity contribution >= 4 is 15.7 Å². The Labute approximate surface area is 91.5 Å². The van der Waals surface area contributed by atoms with Gasteiger partial charge in [-0.05, 0) is 13.0 Å². The van der Waals surface area contributed by atoms with Crippen LogP contribution >= 0.6 is 0 Å². The van der Waals surface area contributed by atoms with E-state index >= 15 is 0 Å². The fourth-order valence-electron chi connectivity index (χ4n) is 1.01. The second kappa shape index (κ2) is 7.64. The maximum atomic E-state index is 11.1. The van der Waals surface area contributed by atoms with Gasteiger partial charge in [-0.25, -0.2) is 8.42 Å². The zero-order valence-corrected chi connectivity index (χ0v) is 10.2. The van der Waals surface area contributed by atoms with Crippen LogP contribution in [-0.2, 0) is 14.6 Å². The minimum atomic E-state index is -2.85. The predicted octanol–water partition coefficient (Wildman–Crippen LogP) is -0.463. The van der Waals surface area contributed by atoms with Crippen molar-refractivity contribution < 1.29 is 13.2 Å². The van der Waals surface area contributed by atoms with Gasteiger partial charge in [-0.2, -0.15) is 0 Å². The average molecular weight is 236 g/mol. The first-order valence-corrected chi connectivity index (χ1v) is 6.95. The van der Waals surface area contributed by atoms with Crippen molar-refractivity contribution in [2.24, 2.45) is 0 Å². The number of amides is 1. The lowest BCUT2D eigenvalue weighted by atomic mass is 10.4. The smallest absolute Gasteiger partial charge is 0.221 e. The normalized spacial score (nSPS) is 11.3. The van der Waals surface area contributed by atoms with Crippen molar-refractivity contribution in [2.75, 3.05) is 31.6 Å². The molecule has 0 aliphatic carbocycles. The van der Waals surface area contributed by atoms with Crippen LogP contribution in [0.25, 0.3) is 0 Å². The molecule has 0 aromatic rings. The lowest BCUT2D eigenvalue weighted by Crippen LogP contribution is -2.26. The number of hydrogen-bond donors (Lipinski definition) is 2. The molecule has 0 aromatic carbocycles. The summed E-state index contributed by atoms with van der Waals surface area (Å²) in [7, 11) is -1.25. The topological polar surface area (TPSA) is 75.3 Å². The molecule has 0 radical (unpaired) electrons. The van der Waals surface area contributed by atoms with E-state index in [4.69, 9.17) is 0 Å². The number of carbonyl (C=O) groups is 1. The van der Waals surface area contributed by atoms with Crippen LogP contribution in [0.5, 0.6) is 0 Å². The van der Waals surface area contributed by atoms with Crippen LogP contribution in [0.1, 0.15) is 19.8 Å². The summed E-state index contributed by atoms with van der Waals surface area (Å²) in [5, 5.41) is 5.54.